The Morgan fingerprint density at radius 1 is 1.29 bits per heavy atom. The number of benzene rings is 1. The molecule has 0 bridgehead atoms. The van der Waals surface area contributed by atoms with Crippen LogP contribution >= 0.6 is 0 Å². The Balaban J connectivity index is 1.78. The Labute approximate surface area is 127 Å². The second-order valence-electron chi connectivity index (χ2n) is 6.12. The summed E-state index contributed by atoms with van der Waals surface area (Å²) < 4.78 is 0. The molecule has 0 spiro atoms. The highest BCUT2D eigenvalue weighted by Gasteiger charge is 2.39. The van der Waals surface area contributed by atoms with Crippen LogP contribution in [0.4, 0.5) is 0 Å². The number of nitrogens with zero attached hydrogens (tertiary/aromatic N) is 2. The number of carbonyl (C=O) groups excluding carboxylic acids is 1. The molecule has 2 saturated heterocycles. The van der Waals surface area contributed by atoms with Crippen LogP contribution in [0.25, 0.3) is 0 Å². The Kier molecular flexibility index (Phi) is 4.27. The molecule has 0 aliphatic carbocycles. The van der Waals surface area contributed by atoms with E-state index in [9.17, 15) is 4.79 Å². The fourth-order valence-corrected chi connectivity index (χ4v) is 3.63. The average molecular weight is 287 g/mol. The second-order valence-corrected chi connectivity index (χ2v) is 6.12. The molecule has 2 heterocycles. The van der Waals surface area contributed by atoms with Gasteiger partial charge in [0, 0.05) is 12.6 Å². The van der Waals surface area contributed by atoms with E-state index in [-0.39, 0.29) is 18.1 Å². The zero-order valence-electron chi connectivity index (χ0n) is 13.0. The first kappa shape index (κ1) is 14.5. The van der Waals surface area contributed by atoms with Crippen LogP contribution in [-0.4, -0.2) is 47.4 Å². The number of nitrogens with one attached hydrogen (secondary N) is 1. The summed E-state index contributed by atoms with van der Waals surface area (Å²) in [6.07, 6.45) is 2.47. The van der Waals surface area contributed by atoms with Gasteiger partial charge in [0.25, 0.3) is 0 Å². The Morgan fingerprint density at radius 2 is 2.05 bits per heavy atom. The molecule has 2 aliphatic heterocycles. The average Bonchev–Trinajstić information content (AvgIpc) is 3.08. The topological polar surface area (TPSA) is 35.6 Å². The third-order valence-corrected chi connectivity index (χ3v) is 4.80. The van der Waals surface area contributed by atoms with E-state index in [0.717, 1.165) is 13.1 Å². The molecule has 0 aromatic heterocycles. The van der Waals surface area contributed by atoms with Crippen molar-refractivity contribution in [3.05, 3.63) is 35.9 Å². The van der Waals surface area contributed by atoms with Crippen molar-refractivity contribution in [2.24, 2.45) is 0 Å². The molecule has 2 aliphatic rings. The normalized spacial score (nSPS) is 30.3. The Hall–Kier alpha value is -1.39. The third kappa shape index (κ3) is 2.83. The molecule has 1 amide bonds. The largest absolute Gasteiger partial charge is 0.320 e. The van der Waals surface area contributed by atoms with Crippen LogP contribution in [0.2, 0.25) is 0 Å². The molecular formula is C17H25N3O. The van der Waals surface area contributed by atoms with Crippen LogP contribution in [0.15, 0.2) is 30.3 Å². The molecule has 4 nitrogen and oxygen atoms in total. The molecule has 21 heavy (non-hydrogen) atoms. The first-order valence-electron chi connectivity index (χ1n) is 8.06. The monoisotopic (exact) mass is 287 g/mol. The highest BCUT2D eigenvalue weighted by Crippen LogP contribution is 2.28. The van der Waals surface area contributed by atoms with E-state index >= 15 is 0 Å². The second kappa shape index (κ2) is 6.16. The third-order valence-electron chi connectivity index (χ3n) is 4.80. The summed E-state index contributed by atoms with van der Waals surface area (Å²) in [6.45, 7) is 7.25. The quantitative estimate of drug-likeness (QED) is 0.920. The zero-order valence-corrected chi connectivity index (χ0v) is 13.0. The van der Waals surface area contributed by atoms with Crippen molar-refractivity contribution in [1.29, 1.82) is 0 Å². The summed E-state index contributed by atoms with van der Waals surface area (Å²) in [5.41, 5.74) is 1.18. The van der Waals surface area contributed by atoms with Gasteiger partial charge >= 0.3 is 0 Å². The van der Waals surface area contributed by atoms with E-state index in [2.05, 4.69) is 29.3 Å². The Morgan fingerprint density at radius 3 is 2.76 bits per heavy atom. The van der Waals surface area contributed by atoms with Gasteiger partial charge in [0.05, 0.1) is 6.04 Å². The van der Waals surface area contributed by atoms with Crippen molar-refractivity contribution in [2.75, 3.05) is 19.6 Å². The van der Waals surface area contributed by atoms with E-state index < -0.39 is 0 Å². The maximum Gasteiger partial charge on any atom is 0.241 e. The van der Waals surface area contributed by atoms with Crippen LogP contribution in [-0.2, 0) is 4.79 Å². The number of likely N-dealkylation sites (N-methyl/N-ethyl adjacent to an activating group) is 1. The summed E-state index contributed by atoms with van der Waals surface area (Å²) in [5.74, 6) is 0.229. The molecule has 0 radical (unpaired) electrons. The molecule has 2 fully saturated rings. The molecule has 3 rings (SSSR count). The lowest BCUT2D eigenvalue weighted by molar-refractivity contribution is -0.130. The van der Waals surface area contributed by atoms with Crippen LogP contribution < -0.4 is 5.32 Å². The van der Waals surface area contributed by atoms with Crippen LogP contribution in [0, 0.1) is 0 Å². The standard InChI is InChI=1S/C17H25N3O/c1-3-19-11-7-10-15(19)12-20-16(18-13(2)17(20)21)14-8-5-4-6-9-14/h4-6,8-9,13,15-16,18H,3,7,10-12H2,1-2H3. The van der Waals surface area contributed by atoms with E-state index in [1.807, 2.05) is 30.0 Å². The molecule has 114 valence electrons. The highest BCUT2D eigenvalue weighted by atomic mass is 16.2. The fraction of sp³-hybridized carbons (Fsp3) is 0.588. The van der Waals surface area contributed by atoms with Crippen LogP contribution in [0.1, 0.15) is 38.4 Å². The lowest BCUT2D eigenvalue weighted by atomic mass is 10.1. The maximum atomic E-state index is 12.5. The maximum absolute atomic E-state index is 12.5. The molecule has 1 N–H and O–H groups in total. The highest BCUT2D eigenvalue weighted by molar-refractivity contribution is 5.84. The van der Waals surface area contributed by atoms with Crippen molar-refractivity contribution < 1.29 is 4.79 Å². The SMILES string of the molecule is CCN1CCCC1CN1C(=O)C(C)NC1c1ccccc1. The van der Waals surface area contributed by atoms with Crippen molar-refractivity contribution in [3.63, 3.8) is 0 Å². The number of hydrogen-bond acceptors (Lipinski definition) is 3. The van der Waals surface area contributed by atoms with Gasteiger partial charge < -0.3 is 4.90 Å². The molecule has 3 unspecified atom stereocenters. The summed E-state index contributed by atoms with van der Waals surface area (Å²) in [6, 6.07) is 10.7. The van der Waals surface area contributed by atoms with Gasteiger partial charge in [0.2, 0.25) is 5.91 Å². The number of carbonyl (C=O) groups is 1. The lowest BCUT2D eigenvalue weighted by Gasteiger charge is -2.31. The van der Waals surface area contributed by atoms with Gasteiger partial charge in [-0.15, -0.1) is 0 Å². The molecule has 4 heteroatoms. The van der Waals surface area contributed by atoms with Gasteiger partial charge in [-0.3, -0.25) is 15.0 Å². The molecule has 1 aromatic rings. The molecular weight excluding hydrogens is 262 g/mol. The van der Waals surface area contributed by atoms with Crippen molar-refractivity contribution in [1.82, 2.24) is 15.1 Å². The first-order valence-corrected chi connectivity index (χ1v) is 8.06. The van der Waals surface area contributed by atoms with Gasteiger partial charge in [-0.25, -0.2) is 0 Å². The van der Waals surface area contributed by atoms with E-state index in [4.69, 9.17) is 0 Å². The van der Waals surface area contributed by atoms with E-state index in [1.54, 1.807) is 0 Å². The number of likely N-dealkylation sites (tertiary alicyclic amines) is 1. The summed E-state index contributed by atoms with van der Waals surface area (Å²) in [5, 5.41) is 3.43. The fourth-order valence-electron chi connectivity index (χ4n) is 3.63. The summed E-state index contributed by atoms with van der Waals surface area (Å²) >= 11 is 0. The number of hydrogen-bond donors (Lipinski definition) is 1. The Bertz CT molecular complexity index is 490. The number of amides is 1. The first-order chi connectivity index (χ1) is 10.2. The predicted octanol–water partition coefficient (Wildman–Crippen LogP) is 1.99. The summed E-state index contributed by atoms with van der Waals surface area (Å²) in [7, 11) is 0. The van der Waals surface area contributed by atoms with Crippen molar-refractivity contribution in [3.8, 4) is 0 Å². The molecule has 0 saturated carbocycles. The van der Waals surface area contributed by atoms with Gasteiger partial charge in [0.1, 0.15) is 6.17 Å². The minimum Gasteiger partial charge on any atom is -0.320 e. The van der Waals surface area contributed by atoms with Gasteiger partial charge in [-0.05, 0) is 38.4 Å². The van der Waals surface area contributed by atoms with Gasteiger partial charge in [-0.1, -0.05) is 37.3 Å². The summed E-state index contributed by atoms with van der Waals surface area (Å²) in [4.78, 5) is 17.1. The van der Waals surface area contributed by atoms with Gasteiger partial charge in [0.15, 0.2) is 0 Å². The number of rotatable bonds is 4. The zero-order chi connectivity index (χ0) is 14.8. The van der Waals surface area contributed by atoms with Crippen LogP contribution in [0.5, 0.6) is 0 Å². The molecule has 3 atom stereocenters. The predicted molar refractivity (Wildman–Crippen MR) is 83.8 cm³/mol. The minimum atomic E-state index is -0.0910. The van der Waals surface area contributed by atoms with Crippen molar-refractivity contribution in [2.45, 2.75) is 44.9 Å². The van der Waals surface area contributed by atoms with E-state index in [1.165, 1.54) is 24.9 Å². The van der Waals surface area contributed by atoms with Crippen LogP contribution in [0.3, 0.4) is 0 Å². The van der Waals surface area contributed by atoms with Crippen molar-refractivity contribution >= 4 is 5.91 Å². The van der Waals surface area contributed by atoms with Gasteiger partial charge in [-0.2, -0.15) is 0 Å². The minimum absolute atomic E-state index is 0.0213. The smallest absolute Gasteiger partial charge is 0.241 e. The lowest BCUT2D eigenvalue weighted by Crippen LogP contribution is -2.42. The molecule has 1 aromatic carbocycles. The van der Waals surface area contributed by atoms with E-state index in [0.29, 0.717) is 6.04 Å².